The Morgan fingerprint density at radius 2 is 1.39 bits per heavy atom. The third-order valence-electron chi connectivity index (χ3n) is 4.72. The summed E-state index contributed by atoms with van der Waals surface area (Å²) in [6.45, 7) is 6.16. The van der Waals surface area contributed by atoms with Gasteiger partial charge in [0, 0.05) is 0 Å². The van der Waals surface area contributed by atoms with E-state index in [1.54, 1.807) is 0 Å². The molecular formula is C18H34. The van der Waals surface area contributed by atoms with Gasteiger partial charge in [0.15, 0.2) is 0 Å². The summed E-state index contributed by atoms with van der Waals surface area (Å²) in [5.74, 6) is 2.05. The first-order chi connectivity index (χ1) is 8.88. The monoisotopic (exact) mass is 250 g/mol. The quantitative estimate of drug-likeness (QED) is 0.273. The van der Waals surface area contributed by atoms with Crippen molar-refractivity contribution in [2.24, 2.45) is 11.8 Å². The van der Waals surface area contributed by atoms with Gasteiger partial charge in [0.05, 0.1) is 0 Å². The van der Waals surface area contributed by atoms with Crippen molar-refractivity contribution in [2.45, 2.75) is 90.4 Å². The summed E-state index contributed by atoms with van der Waals surface area (Å²) < 4.78 is 0. The van der Waals surface area contributed by atoms with Crippen molar-refractivity contribution in [3.05, 3.63) is 12.7 Å². The fraction of sp³-hybridized carbons (Fsp3) is 0.889. The first kappa shape index (κ1) is 15.8. The van der Waals surface area contributed by atoms with Gasteiger partial charge in [-0.2, -0.15) is 0 Å². The number of allylic oxidation sites excluding steroid dienone is 1. The van der Waals surface area contributed by atoms with Gasteiger partial charge in [-0.05, 0) is 31.1 Å². The van der Waals surface area contributed by atoms with Crippen molar-refractivity contribution in [3.63, 3.8) is 0 Å². The molecule has 1 aliphatic carbocycles. The SMILES string of the molecule is C=CC[C@@H]1CC[C@@H]1CCCCCCCCCCC. The Hall–Kier alpha value is -0.260. The Labute approximate surface area is 115 Å². The fourth-order valence-electron chi connectivity index (χ4n) is 3.26. The average molecular weight is 250 g/mol. The van der Waals surface area contributed by atoms with E-state index in [9.17, 15) is 0 Å². The Balaban J connectivity index is 1.80. The molecule has 0 aromatic rings. The van der Waals surface area contributed by atoms with Gasteiger partial charge in [-0.25, -0.2) is 0 Å². The summed E-state index contributed by atoms with van der Waals surface area (Å²) in [5.41, 5.74) is 0. The average Bonchev–Trinajstić information content (AvgIpc) is 2.37. The molecule has 0 aromatic carbocycles. The van der Waals surface area contributed by atoms with Crippen LogP contribution < -0.4 is 0 Å². The minimum absolute atomic E-state index is 0.997. The van der Waals surface area contributed by atoms with Gasteiger partial charge < -0.3 is 0 Å². The van der Waals surface area contributed by atoms with E-state index in [2.05, 4.69) is 19.6 Å². The van der Waals surface area contributed by atoms with Crippen LogP contribution in [0, 0.1) is 11.8 Å². The Kier molecular flexibility index (Phi) is 9.34. The summed E-state index contributed by atoms with van der Waals surface area (Å²) in [5, 5.41) is 0. The number of hydrogen-bond donors (Lipinski definition) is 0. The Morgan fingerprint density at radius 3 is 1.89 bits per heavy atom. The molecule has 2 atom stereocenters. The molecule has 0 N–H and O–H groups in total. The summed E-state index contributed by atoms with van der Waals surface area (Å²) in [6, 6.07) is 0. The lowest BCUT2D eigenvalue weighted by molar-refractivity contribution is 0.162. The van der Waals surface area contributed by atoms with E-state index < -0.39 is 0 Å². The zero-order valence-corrected chi connectivity index (χ0v) is 12.6. The molecule has 1 fully saturated rings. The molecule has 18 heavy (non-hydrogen) atoms. The zero-order chi connectivity index (χ0) is 13.1. The third-order valence-corrected chi connectivity index (χ3v) is 4.72. The van der Waals surface area contributed by atoms with Crippen molar-refractivity contribution in [1.29, 1.82) is 0 Å². The number of unbranched alkanes of at least 4 members (excludes halogenated alkanes) is 8. The van der Waals surface area contributed by atoms with Crippen molar-refractivity contribution < 1.29 is 0 Å². The fourth-order valence-corrected chi connectivity index (χ4v) is 3.26. The van der Waals surface area contributed by atoms with Crippen LogP contribution in [-0.2, 0) is 0 Å². The van der Waals surface area contributed by atoms with Crippen LogP contribution in [0.2, 0.25) is 0 Å². The van der Waals surface area contributed by atoms with Crippen LogP contribution in [0.15, 0.2) is 12.7 Å². The molecule has 0 spiro atoms. The smallest absolute Gasteiger partial charge is 0.0322 e. The van der Waals surface area contributed by atoms with Crippen LogP contribution >= 0.6 is 0 Å². The highest BCUT2D eigenvalue weighted by molar-refractivity contribution is 4.85. The molecule has 0 bridgehead atoms. The van der Waals surface area contributed by atoms with Crippen molar-refractivity contribution in [2.75, 3.05) is 0 Å². The maximum atomic E-state index is 3.87. The van der Waals surface area contributed by atoms with E-state index in [-0.39, 0.29) is 0 Å². The lowest BCUT2D eigenvalue weighted by Crippen LogP contribution is -2.25. The van der Waals surface area contributed by atoms with Crippen LogP contribution in [0.25, 0.3) is 0 Å². The van der Waals surface area contributed by atoms with Gasteiger partial charge in [-0.1, -0.05) is 77.2 Å². The van der Waals surface area contributed by atoms with E-state index in [0.29, 0.717) is 0 Å². The van der Waals surface area contributed by atoms with E-state index in [1.807, 2.05) is 0 Å². The van der Waals surface area contributed by atoms with E-state index in [1.165, 1.54) is 83.5 Å². The van der Waals surface area contributed by atoms with E-state index in [0.717, 1.165) is 11.8 Å². The molecule has 0 unspecified atom stereocenters. The second-order valence-corrected chi connectivity index (χ2v) is 6.24. The normalized spacial score (nSPS) is 22.7. The number of hydrogen-bond acceptors (Lipinski definition) is 0. The second kappa shape index (κ2) is 10.6. The van der Waals surface area contributed by atoms with Crippen LogP contribution in [0.5, 0.6) is 0 Å². The van der Waals surface area contributed by atoms with E-state index >= 15 is 0 Å². The van der Waals surface area contributed by atoms with E-state index in [4.69, 9.17) is 0 Å². The van der Waals surface area contributed by atoms with Crippen LogP contribution in [-0.4, -0.2) is 0 Å². The lowest BCUT2D eigenvalue weighted by atomic mass is 9.69. The van der Waals surface area contributed by atoms with Gasteiger partial charge in [0.2, 0.25) is 0 Å². The summed E-state index contributed by atoms with van der Waals surface area (Å²) in [7, 11) is 0. The maximum Gasteiger partial charge on any atom is -0.0322 e. The van der Waals surface area contributed by atoms with Crippen molar-refractivity contribution in [3.8, 4) is 0 Å². The number of rotatable bonds is 12. The van der Waals surface area contributed by atoms with Crippen LogP contribution in [0.1, 0.15) is 90.4 Å². The first-order valence-corrected chi connectivity index (χ1v) is 8.49. The molecule has 0 heterocycles. The summed E-state index contributed by atoms with van der Waals surface area (Å²) in [4.78, 5) is 0. The minimum atomic E-state index is 0.997. The standard InChI is InChI=1S/C18H34/c1-3-5-6-7-8-9-10-11-12-14-18-16-15-17(18)13-4-2/h4,17-18H,2-3,5-16H2,1H3/t17-,18+/m1/s1. The van der Waals surface area contributed by atoms with Gasteiger partial charge in [0.25, 0.3) is 0 Å². The second-order valence-electron chi connectivity index (χ2n) is 6.24. The van der Waals surface area contributed by atoms with Gasteiger partial charge >= 0.3 is 0 Å². The largest absolute Gasteiger partial charge is 0.103 e. The molecule has 0 saturated heterocycles. The van der Waals surface area contributed by atoms with Gasteiger partial charge in [-0.15, -0.1) is 6.58 Å². The maximum absolute atomic E-state index is 3.87. The molecule has 1 rings (SSSR count). The molecular weight excluding hydrogens is 216 g/mol. The van der Waals surface area contributed by atoms with Crippen LogP contribution in [0.4, 0.5) is 0 Å². The molecule has 0 amide bonds. The minimum Gasteiger partial charge on any atom is -0.103 e. The molecule has 0 radical (unpaired) electrons. The van der Waals surface area contributed by atoms with Crippen molar-refractivity contribution >= 4 is 0 Å². The molecule has 0 nitrogen and oxygen atoms in total. The lowest BCUT2D eigenvalue weighted by Gasteiger charge is -2.36. The molecule has 0 aromatic heterocycles. The summed E-state index contributed by atoms with van der Waals surface area (Å²) in [6.07, 6.45) is 21.0. The third kappa shape index (κ3) is 6.61. The predicted molar refractivity (Wildman–Crippen MR) is 82.9 cm³/mol. The molecule has 1 saturated carbocycles. The summed E-state index contributed by atoms with van der Waals surface area (Å²) >= 11 is 0. The molecule has 106 valence electrons. The van der Waals surface area contributed by atoms with Gasteiger partial charge in [0.1, 0.15) is 0 Å². The molecule has 1 aliphatic rings. The highest BCUT2D eigenvalue weighted by Crippen LogP contribution is 2.40. The topological polar surface area (TPSA) is 0 Å². The highest BCUT2D eigenvalue weighted by Gasteiger charge is 2.28. The Bertz CT molecular complexity index is 194. The Morgan fingerprint density at radius 1 is 0.833 bits per heavy atom. The zero-order valence-electron chi connectivity index (χ0n) is 12.6. The predicted octanol–water partition coefficient (Wildman–Crippen LogP) is 6.51. The molecule has 0 aliphatic heterocycles. The van der Waals surface area contributed by atoms with Gasteiger partial charge in [-0.3, -0.25) is 0 Å². The van der Waals surface area contributed by atoms with Crippen molar-refractivity contribution in [1.82, 2.24) is 0 Å². The van der Waals surface area contributed by atoms with Crippen LogP contribution in [0.3, 0.4) is 0 Å². The highest BCUT2D eigenvalue weighted by atomic mass is 14.3. The first-order valence-electron chi connectivity index (χ1n) is 8.49. The molecule has 0 heteroatoms.